The Hall–Kier alpha value is -1.70. The molecule has 0 saturated carbocycles. The number of nitrogens with zero attached hydrogens (tertiary/aromatic N) is 1. The van der Waals surface area contributed by atoms with E-state index in [1.54, 1.807) is 13.8 Å². The Morgan fingerprint density at radius 2 is 2.20 bits per heavy atom. The predicted molar refractivity (Wildman–Crippen MR) is 90.8 cm³/mol. The van der Waals surface area contributed by atoms with Gasteiger partial charge in [0.1, 0.15) is 6.61 Å². The van der Waals surface area contributed by atoms with E-state index in [4.69, 9.17) is 9.84 Å². The number of esters is 1. The average molecular weight is 353 g/mol. The van der Waals surface area contributed by atoms with Crippen LogP contribution in [0.15, 0.2) is 23.3 Å². The molecule has 3 unspecified atom stereocenters. The van der Waals surface area contributed by atoms with Gasteiger partial charge in [-0.2, -0.15) is 0 Å². The molecule has 25 heavy (non-hydrogen) atoms. The third-order valence-corrected chi connectivity index (χ3v) is 5.29. The van der Waals surface area contributed by atoms with Crippen LogP contribution in [0.1, 0.15) is 33.6 Å². The van der Waals surface area contributed by atoms with Crippen molar-refractivity contribution in [3.05, 3.63) is 23.3 Å². The van der Waals surface area contributed by atoms with E-state index in [0.29, 0.717) is 13.0 Å². The fraction of sp³-hybridized carbons (Fsp3) is 0.667. The Kier molecular flexibility index (Phi) is 6.03. The summed E-state index contributed by atoms with van der Waals surface area (Å²) in [4.78, 5) is 25.6. The highest BCUT2D eigenvalue weighted by atomic mass is 16.5. The summed E-state index contributed by atoms with van der Waals surface area (Å²) in [6, 6.07) is 0.0896. The second-order valence-electron chi connectivity index (χ2n) is 7.09. The molecular formula is C18H27NO6. The molecule has 0 aromatic heterocycles. The molecule has 0 spiro atoms. The molecule has 140 valence electrons. The van der Waals surface area contributed by atoms with Gasteiger partial charge in [0.25, 0.3) is 0 Å². The zero-order valence-corrected chi connectivity index (χ0v) is 14.9. The van der Waals surface area contributed by atoms with E-state index in [0.717, 1.165) is 12.1 Å². The van der Waals surface area contributed by atoms with Gasteiger partial charge in [0, 0.05) is 24.7 Å². The van der Waals surface area contributed by atoms with Crippen molar-refractivity contribution in [1.82, 2.24) is 4.90 Å². The minimum Gasteiger partial charge on any atom is -0.478 e. The summed E-state index contributed by atoms with van der Waals surface area (Å²) in [6.07, 6.45) is 3.79. The van der Waals surface area contributed by atoms with Crippen LogP contribution in [-0.2, 0) is 14.3 Å². The Morgan fingerprint density at radius 3 is 2.80 bits per heavy atom. The Labute approximate surface area is 147 Å². The Morgan fingerprint density at radius 1 is 1.52 bits per heavy atom. The minimum absolute atomic E-state index is 0.0687. The number of carboxylic acid groups (broad SMARTS) is 1. The van der Waals surface area contributed by atoms with Gasteiger partial charge in [0.05, 0.1) is 6.10 Å². The van der Waals surface area contributed by atoms with Gasteiger partial charge in [-0.1, -0.05) is 19.1 Å². The number of carbonyl (C=O) groups excluding carboxylic acids is 1. The Bertz CT molecular complexity index is 594. The van der Waals surface area contributed by atoms with Gasteiger partial charge in [0.2, 0.25) is 0 Å². The van der Waals surface area contributed by atoms with Crippen LogP contribution in [0.5, 0.6) is 0 Å². The lowest BCUT2D eigenvalue weighted by molar-refractivity contribution is -0.168. The number of hydrogen-bond donors (Lipinski definition) is 3. The fourth-order valence-corrected chi connectivity index (χ4v) is 3.35. The molecule has 1 saturated heterocycles. The number of aliphatic hydroxyl groups excluding tert-OH is 1. The Balaban J connectivity index is 1.91. The molecule has 2 heterocycles. The number of aliphatic hydroxyl groups is 2. The fourth-order valence-electron chi connectivity index (χ4n) is 3.35. The lowest BCUT2D eigenvalue weighted by Gasteiger charge is -2.28. The first-order chi connectivity index (χ1) is 11.7. The molecule has 7 heteroatoms. The van der Waals surface area contributed by atoms with Gasteiger partial charge in [-0.05, 0) is 38.2 Å². The molecule has 4 atom stereocenters. The van der Waals surface area contributed by atoms with Crippen molar-refractivity contribution in [3.8, 4) is 0 Å². The van der Waals surface area contributed by atoms with E-state index in [-0.39, 0.29) is 30.7 Å². The van der Waals surface area contributed by atoms with Gasteiger partial charge >= 0.3 is 11.9 Å². The molecular weight excluding hydrogens is 326 g/mol. The van der Waals surface area contributed by atoms with E-state index in [1.165, 1.54) is 13.0 Å². The summed E-state index contributed by atoms with van der Waals surface area (Å²) in [5.41, 5.74) is -0.694. The summed E-state index contributed by atoms with van der Waals surface area (Å²) >= 11 is 0. The number of rotatable bonds is 7. The van der Waals surface area contributed by atoms with Crippen LogP contribution in [0.4, 0.5) is 0 Å². The van der Waals surface area contributed by atoms with Gasteiger partial charge in [-0.25, -0.2) is 9.59 Å². The third kappa shape index (κ3) is 4.29. The standard InChI is InChI=1S/C18H27NO6/c1-4-12(16(21)22)7-11(2)18(3,24)17(23)25-10-13-5-6-19-9-14(20)8-15(13)19/h4-5,11,14-15,20,24H,6-10H2,1-3H3,(H,21,22)/b12-4-/t11?,14?,15?,18-/m1/s1. The normalized spacial score (nSPS) is 27.4. The molecule has 0 aromatic rings. The molecule has 0 aromatic carbocycles. The van der Waals surface area contributed by atoms with Crippen molar-refractivity contribution in [2.45, 2.75) is 51.4 Å². The van der Waals surface area contributed by atoms with Crippen LogP contribution >= 0.6 is 0 Å². The maximum Gasteiger partial charge on any atom is 0.338 e. The van der Waals surface area contributed by atoms with E-state index in [2.05, 4.69) is 4.90 Å². The first-order valence-electron chi connectivity index (χ1n) is 8.55. The van der Waals surface area contributed by atoms with E-state index in [9.17, 15) is 19.8 Å². The highest BCUT2D eigenvalue weighted by molar-refractivity contribution is 5.87. The molecule has 0 amide bonds. The van der Waals surface area contributed by atoms with Crippen LogP contribution in [0.25, 0.3) is 0 Å². The molecule has 2 aliphatic heterocycles. The third-order valence-electron chi connectivity index (χ3n) is 5.29. The number of hydrogen-bond acceptors (Lipinski definition) is 6. The molecule has 1 fully saturated rings. The number of carbonyl (C=O) groups is 2. The van der Waals surface area contributed by atoms with E-state index in [1.807, 2.05) is 6.08 Å². The van der Waals surface area contributed by atoms with Crippen LogP contribution in [0, 0.1) is 5.92 Å². The van der Waals surface area contributed by atoms with Crippen molar-refractivity contribution in [2.24, 2.45) is 5.92 Å². The summed E-state index contributed by atoms with van der Waals surface area (Å²) < 4.78 is 5.30. The predicted octanol–water partition coefficient (Wildman–Crippen LogP) is 0.713. The number of fused-ring (bicyclic) bond motifs is 1. The number of allylic oxidation sites excluding steroid dienone is 1. The van der Waals surface area contributed by atoms with Gasteiger partial charge in [-0.15, -0.1) is 0 Å². The van der Waals surface area contributed by atoms with Crippen molar-refractivity contribution in [3.63, 3.8) is 0 Å². The summed E-state index contributed by atoms with van der Waals surface area (Å²) in [5, 5.41) is 29.3. The molecule has 2 aliphatic rings. The second kappa shape index (κ2) is 7.68. The summed E-state index contributed by atoms with van der Waals surface area (Å²) in [5.74, 6) is -2.43. The van der Waals surface area contributed by atoms with Crippen molar-refractivity contribution in [2.75, 3.05) is 19.7 Å². The zero-order chi connectivity index (χ0) is 18.8. The molecule has 3 N–H and O–H groups in total. The van der Waals surface area contributed by atoms with Crippen LogP contribution < -0.4 is 0 Å². The van der Waals surface area contributed by atoms with Gasteiger partial charge < -0.3 is 20.1 Å². The number of ether oxygens (including phenoxy) is 1. The van der Waals surface area contributed by atoms with Crippen molar-refractivity contribution >= 4 is 11.9 Å². The molecule has 7 nitrogen and oxygen atoms in total. The van der Waals surface area contributed by atoms with Gasteiger partial charge in [0.15, 0.2) is 5.60 Å². The summed E-state index contributed by atoms with van der Waals surface area (Å²) in [6.45, 7) is 6.00. The maximum atomic E-state index is 12.3. The van der Waals surface area contributed by atoms with E-state index < -0.39 is 23.5 Å². The van der Waals surface area contributed by atoms with Crippen LogP contribution in [0.2, 0.25) is 0 Å². The lowest BCUT2D eigenvalue weighted by Crippen LogP contribution is -2.44. The first-order valence-corrected chi connectivity index (χ1v) is 8.55. The highest BCUT2D eigenvalue weighted by Crippen LogP contribution is 2.30. The number of carboxylic acids is 1. The first kappa shape index (κ1) is 19.6. The monoisotopic (exact) mass is 353 g/mol. The largest absolute Gasteiger partial charge is 0.478 e. The van der Waals surface area contributed by atoms with Crippen LogP contribution in [0.3, 0.4) is 0 Å². The second-order valence-corrected chi connectivity index (χ2v) is 7.09. The quantitative estimate of drug-likeness (QED) is 0.351. The smallest absolute Gasteiger partial charge is 0.338 e. The van der Waals surface area contributed by atoms with E-state index >= 15 is 0 Å². The zero-order valence-electron chi connectivity index (χ0n) is 14.9. The number of aliphatic carboxylic acids is 1. The van der Waals surface area contributed by atoms with Crippen molar-refractivity contribution in [1.29, 1.82) is 0 Å². The molecule has 0 bridgehead atoms. The highest BCUT2D eigenvalue weighted by Gasteiger charge is 2.41. The van der Waals surface area contributed by atoms with Gasteiger partial charge in [-0.3, -0.25) is 4.90 Å². The lowest BCUT2D eigenvalue weighted by atomic mass is 9.85. The topological polar surface area (TPSA) is 107 Å². The van der Waals surface area contributed by atoms with Crippen LogP contribution in [-0.4, -0.2) is 69.6 Å². The summed E-state index contributed by atoms with van der Waals surface area (Å²) in [7, 11) is 0. The average Bonchev–Trinajstić information content (AvgIpc) is 3.08. The SMILES string of the molecule is C/C=C(/CC(C)[C@@](C)(O)C(=O)OCC1=CCN2CC(O)CC12)C(=O)O. The molecule has 0 aliphatic carbocycles. The maximum absolute atomic E-state index is 12.3. The molecule has 0 radical (unpaired) electrons. The molecule has 2 rings (SSSR count). The van der Waals surface area contributed by atoms with Crippen molar-refractivity contribution < 1.29 is 29.6 Å². The minimum atomic E-state index is -1.78.